The summed E-state index contributed by atoms with van der Waals surface area (Å²) in [5.41, 5.74) is 0. The number of hydrogen-bond donors (Lipinski definition) is 0. The van der Waals surface area contributed by atoms with Gasteiger partial charge in [0, 0.05) is 19.3 Å². The molecule has 0 aromatic heterocycles. The summed E-state index contributed by atoms with van der Waals surface area (Å²) in [5.74, 6) is -0.471. The van der Waals surface area contributed by atoms with Crippen molar-refractivity contribution in [3.05, 3.63) is 0 Å². The monoisotopic (exact) mass is 166 g/mol. The van der Waals surface area contributed by atoms with Gasteiger partial charge in [0.1, 0.15) is 5.78 Å². The Morgan fingerprint density at radius 1 is 1.45 bits per heavy atom. The molecule has 1 rings (SSSR count). The van der Waals surface area contributed by atoms with Gasteiger partial charge in [0.2, 0.25) is 0 Å². The molecule has 0 amide bonds. The lowest BCUT2D eigenvalue weighted by molar-refractivity contribution is -0.144. The maximum absolute atomic E-state index is 11.7. The zero-order valence-corrected chi connectivity index (χ0v) is 5.95. The molecule has 0 saturated heterocycles. The average molecular weight is 166 g/mol. The van der Waals surface area contributed by atoms with Gasteiger partial charge in [0.05, 0.1) is 0 Å². The van der Waals surface area contributed by atoms with Crippen molar-refractivity contribution in [3.63, 3.8) is 0 Å². The van der Waals surface area contributed by atoms with Crippen molar-refractivity contribution in [2.75, 3.05) is 0 Å². The van der Waals surface area contributed by atoms with Gasteiger partial charge < -0.3 is 0 Å². The van der Waals surface area contributed by atoms with Crippen molar-refractivity contribution < 1.29 is 18.0 Å². The summed E-state index contributed by atoms with van der Waals surface area (Å²) >= 11 is 0. The molecular formula is C7H9F3O. The Hall–Kier alpha value is -0.540. The van der Waals surface area contributed by atoms with Crippen molar-refractivity contribution in [3.8, 4) is 0 Å². The molecule has 1 atom stereocenters. The second kappa shape index (κ2) is 2.83. The number of carbonyl (C=O) groups is 1. The highest BCUT2D eigenvalue weighted by Gasteiger charge is 2.35. The van der Waals surface area contributed by atoms with Crippen LogP contribution in [0.15, 0.2) is 0 Å². The van der Waals surface area contributed by atoms with E-state index in [1.165, 1.54) is 0 Å². The van der Waals surface area contributed by atoms with E-state index in [0.29, 0.717) is 12.8 Å². The van der Waals surface area contributed by atoms with E-state index in [1.807, 2.05) is 0 Å². The Morgan fingerprint density at radius 3 is 2.45 bits per heavy atom. The lowest BCUT2D eigenvalue weighted by Crippen LogP contribution is -2.13. The van der Waals surface area contributed by atoms with Crippen LogP contribution >= 0.6 is 0 Å². The third-order valence-corrected chi connectivity index (χ3v) is 1.87. The van der Waals surface area contributed by atoms with Gasteiger partial charge in [-0.2, -0.15) is 13.2 Å². The first-order valence-electron chi connectivity index (χ1n) is 3.56. The molecule has 0 bridgehead atoms. The molecule has 11 heavy (non-hydrogen) atoms. The van der Waals surface area contributed by atoms with E-state index in [1.54, 1.807) is 0 Å². The fourth-order valence-electron chi connectivity index (χ4n) is 1.39. The van der Waals surface area contributed by atoms with Gasteiger partial charge in [-0.05, 0) is 12.3 Å². The van der Waals surface area contributed by atoms with Crippen molar-refractivity contribution in [1.29, 1.82) is 0 Å². The Labute approximate surface area is 62.6 Å². The van der Waals surface area contributed by atoms with Gasteiger partial charge in [0.15, 0.2) is 0 Å². The average Bonchev–Trinajstić information content (AvgIpc) is 2.10. The molecule has 1 unspecified atom stereocenters. The van der Waals surface area contributed by atoms with Crippen molar-refractivity contribution in [1.82, 2.24) is 0 Å². The van der Waals surface area contributed by atoms with Crippen molar-refractivity contribution in [2.45, 2.75) is 31.9 Å². The first-order valence-corrected chi connectivity index (χ1v) is 3.56. The minimum Gasteiger partial charge on any atom is -0.300 e. The van der Waals surface area contributed by atoms with Crippen molar-refractivity contribution in [2.24, 2.45) is 5.92 Å². The lowest BCUT2D eigenvalue weighted by atomic mass is 10.0. The van der Waals surface area contributed by atoms with E-state index in [-0.39, 0.29) is 12.2 Å². The summed E-state index contributed by atoms with van der Waals surface area (Å²) in [6.45, 7) is 0. The van der Waals surface area contributed by atoms with E-state index >= 15 is 0 Å². The maximum Gasteiger partial charge on any atom is 0.389 e. The molecule has 0 aromatic carbocycles. The molecule has 0 aromatic rings. The van der Waals surface area contributed by atoms with Crippen LogP contribution in [0, 0.1) is 5.92 Å². The van der Waals surface area contributed by atoms with Gasteiger partial charge in [-0.3, -0.25) is 4.79 Å². The van der Waals surface area contributed by atoms with Crippen LogP contribution in [0.25, 0.3) is 0 Å². The topological polar surface area (TPSA) is 17.1 Å². The van der Waals surface area contributed by atoms with Crippen LogP contribution in [0.1, 0.15) is 25.7 Å². The molecule has 0 spiro atoms. The van der Waals surface area contributed by atoms with Crippen LogP contribution in [-0.4, -0.2) is 12.0 Å². The summed E-state index contributed by atoms with van der Waals surface area (Å²) in [4.78, 5) is 10.6. The molecule has 0 heterocycles. The summed E-state index contributed by atoms with van der Waals surface area (Å²) in [6, 6.07) is 0. The van der Waals surface area contributed by atoms with Crippen molar-refractivity contribution >= 4 is 5.78 Å². The normalized spacial score (nSPS) is 26.1. The minimum atomic E-state index is -4.10. The fraction of sp³-hybridized carbons (Fsp3) is 0.857. The van der Waals surface area contributed by atoms with Gasteiger partial charge in [-0.15, -0.1) is 0 Å². The molecule has 0 aliphatic heterocycles. The number of Topliss-reactive ketones (excluding diaryl/α,β-unsaturated/α-hetero) is 1. The smallest absolute Gasteiger partial charge is 0.300 e. The molecule has 1 nitrogen and oxygen atoms in total. The highest BCUT2D eigenvalue weighted by atomic mass is 19.4. The largest absolute Gasteiger partial charge is 0.389 e. The summed E-state index contributed by atoms with van der Waals surface area (Å²) < 4.78 is 35.2. The third-order valence-electron chi connectivity index (χ3n) is 1.87. The van der Waals surface area contributed by atoms with E-state index in [2.05, 4.69) is 0 Å². The first-order chi connectivity index (χ1) is 4.97. The van der Waals surface area contributed by atoms with E-state index < -0.39 is 18.5 Å². The zero-order valence-electron chi connectivity index (χ0n) is 5.95. The molecule has 1 aliphatic carbocycles. The molecular weight excluding hydrogens is 157 g/mol. The van der Waals surface area contributed by atoms with E-state index in [4.69, 9.17) is 0 Å². The van der Waals surface area contributed by atoms with Crippen LogP contribution in [0.5, 0.6) is 0 Å². The quantitative estimate of drug-likeness (QED) is 0.584. The van der Waals surface area contributed by atoms with Gasteiger partial charge in [-0.1, -0.05) is 0 Å². The summed E-state index contributed by atoms with van der Waals surface area (Å²) in [5, 5.41) is 0. The first kappa shape index (κ1) is 8.56. The van der Waals surface area contributed by atoms with Crippen LogP contribution in [0.2, 0.25) is 0 Å². The Kier molecular flexibility index (Phi) is 2.20. The summed E-state index contributed by atoms with van der Waals surface area (Å²) in [6.07, 6.45) is -4.02. The van der Waals surface area contributed by atoms with Gasteiger partial charge >= 0.3 is 6.18 Å². The van der Waals surface area contributed by atoms with E-state index in [0.717, 1.165) is 0 Å². The SMILES string of the molecule is O=C1CCC(CC(F)(F)F)C1. The molecule has 4 heteroatoms. The Balaban J connectivity index is 2.34. The second-order valence-electron chi connectivity index (χ2n) is 2.97. The number of alkyl halides is 3. The Bertz CT molecular complexity index is 162. The highest BCUT2D eigenvalue weighted by Crippen LogP contribution is 2.33. The highest BCUT2D eigenvalue weighted by molar-refractivity contribution is 5.80. The standard InChI is InChI=1S/C7H9F3O/c8-7(9,10)4-5-1-2-6(11)3-5/h5H,1-4H2. The van der Waals surface area contributed by atoms with Crippen LogP contribution in [-0.2, 0) is 4.79 Å². The van der Waals surface area contributed by atoms with Crippen LogP contribution < -0.4 is 0 Å². The number of ketones is 1. The molecule has 0 radical (unpaired) electrons. The minimum absolute atomic E-state index is 0.0285. The van der Waals surface area contributed by atoms with Gasteiger partial charge in [-0.25, -0.2) is 0 Å². The zero-order chi connectivity index (χ0) is 8.48. The van der Waals surface area contributed by atoms with Crippen LogP contribution in [0.3, 0.4) is 0 Å². The van der Waals surface area contributed by atoms with Crippen LogP contribution in [0.4, 0.5) is 13.2 Å². The molecule has 64 valence electrons. The van der Waals surface area contributed by atoms with E-state index in [9.17, 15) is 18.0 Å². The third kappa shape index (κ3) is 2.91. The molecule has 1 fully saturated rings. The molecule has 0 N–H and O–H groups in total. The molecule has 1 aliphatic rings. The maximum atomic E-state index is 11.7. The predicted molar refractivity (Wildman–Crippen MR) is 33.0 cm³/mol. The van der Waals surface area contributed by atoms with Gasteiger partial charge in [0.25, 0.3) is 0 Å². The summed E-state index contributed by atoms with van der Waals surface area (Å²) in [7, 11) is 0. The lowest BCUT2D eigenvalue weighted by Gasteiger charge is -2.10. The number of halogens is 3. The number of carbonyl (C=O) groups excluding carboxylic acids is 1. The molecule has 1 saturated carbocycles. The Morgan fingerprint density at radius 2 is 2.09 bits per heavy atom. The fourth-order valence-corrected chi connectivity index (χ4v) is 1.39. The number of hydrogen-bond acceptors (Lipinski definition) is 1. The number of rotatable bonds is 1. The predicted octanol–water partition coefficient (Wildman–Crippen LogP) is 2.31. The second-order valence-corrected chi connectivity index (χ2v) is 2.97.